The molecule has 2 aromatic rings. The van der Waals surface area contributed by atoms with Crippen molar-refractivity contribution < 1.29 is 19.4 Å². The Morgan fingerprint density at radius 2 is 1.82 bits per heavy atom. The molecule has 1 aliphatic rings. The molecule has 0 bridgehead atoms. The third kappa shape index (κ3) is 4.81. The number of fused-ring (bicyclic) bond motifs is 2. The van der Waals surface area contributed by atoms with Crippen LogP contribution >= 0.6 is 12.4 Å². The van der Waals surface area contributed by atoms with E-state index < -0.39 is 6.09 Å². The lowest BCUT2D eigenvalue weighted by Gasteiger charge is -2.25. The van der Waals surface area contributed by atoms with E-state index in [0.717, 1.165) is 35.3 Å². The number of rotatable bonds is 5. The Kier molecular flexibility index (Phi) is 7.80. The third-order valence-electron chi connectivity index (χ3n) is 4.47. The number of hydrogen-bond acceptors (Lipinski definition) is 5. The van der Waals surface area contributed by atoms with Crippen molar-refractivity contribution in [1.82, 2.24) is 5.32 Å². The highest BCUT2D eigenvalue weighted by Gasteiger charge is 2.26. The number of anilines is 3. The van der Waals surface area contributed by atoms with Crippen LogP contribution < -0.4 is 15.5 Å². The number of nitrogens with one attached hydrogen (secondary N) is 2. The Labute approximate surface area is 170 Å². The minimum atomic E-state index is -0.563. The van der Waals surface area contributed by atoms with E-state index in [2.05, 4.69) is 15.4 Å². The number of methoxy groups -OCH3 is 1. The SMILES string of the molecule is COC(=O)Nc1ccc2c(c1)N(C(=O)CNCCO)c1ccccc1CC2.Cl. The Bertz CT molecular complexity index is 844. The van der Waals surface area contributed by atoms with Crippen LogP contribution in [0.2, 0.25) is 0 Å². The molecule has 3 N–H and O–H groups in total. The van der Waals surface area contributed by atoms with Crippen LogP contribution in [0.15, 0.2) is 42.5 Å². The topological polar surface area (TPSA) is 90.9 Å². The zero-order chi connectivity index (χ0) is 19.2. The Morgan fingerprint density at radius 3 is 2.54 bits per heavy atom. The van der Waals surface area contributed by atoms with Crippen LogP contribution in [0.3, 0.4) is 0 Å². The second kappa shape index (κ2) is 10.1. The van der Waals surface area contributed by atoms with Gasteiger partial charge in [0.25, 0.3) is 0 Å². The van der Waals surface area contributed by atoms with Gasteiger partial charge in [0.1, 0.15) is 0 Å². The first-order chi connectivity index (χ1) is 13.1. The molecule has 0 atom stereocenters. The van der Waals surface area contributed by atoms with Gasteiger partial charge >= 0.3 is 6.09 Å². The van der Waals surface area contributed by atoms with Crippen molar-refractivity contribution in [3.8, 4) is 0 Å². The number of ether oxygens (including phenoxy) is 1. The summed E-state index contributed by atoms with van der Waals surface area (Å²) in [6.07, 6.45) is 1.05. The highest BCUT2D eigenvalue weighted by Crippen LogP contribution is 2.37. The molecule has 0 unspecified atom stereocenters. The van der Waals surface area contributed by atoms with Gasteiger partial charge in [-0.1, -0.05) is 24.3 Å². The van der Waals surface area contributed by atoms with Crippen LogP contribution in [-0.4, -0.2) is 43.9 Å². The molecular formula is C20H24ClN3O4. The summed E-state index contributed by atoms with van der Waals surface area (Å²) in [4.78, 5) is 26.3. The maximum atomic E-state index is 13.0. The fraction of sp³-hybridized carbons (Fsp3) is 0.300. The molecule has 1 heterocycles. The van der Waals surface area contributed by atoms with Crippen molar-refractivity contribution >= 4 is 41.5 Å². The summed E-state index contributed by atoms with van der Waals surface area (Å²) in [5, 5.41) is 14.5. The predicted octanol–water partition coefficient (Wildman–Crippen LogP) is 2.63. The summed E-state index contributed by atoms with van der Waals surface area (Å²) >= 11 is 0. The first kappa shape index (κ1) is 21.7. The van der Waals surface area contributed by atoms with E-state index in [0.29, 0.717) is 12.2 Å². The maximum Gasteiger partial charge on any atom is 0.411 e. The summed E-state index contributed by atoms with van der Waals surface area (Å²) in [5.41, 5.74) is 4.25. The molecule has 28 heavy (non-hydrogen) atoms. The molecule has 0 saturated carbocycles. The molecule has 1 aliphatic heterocycles. The fourth-order valence-electron chi connectivity index (χ4n) is 3.19. The van der Waals surface area contributed by atoms with Crippen LogP contribution in [-0.2, 0) is 22.4 Å². The monoisotopic (exact) mass is 405 g/mol. The van der Waals surface area contributed by atoms with Gasteiger partial charge in [0, 0.05) is 12.2 Å². The van der Waals surface area contributed by atoms with E-state index in [4.69, 9.17) is 5.11 Å². The molecule has 0 spiro atoms. The molecular weight excluding hydrogens is 382 g/mol. The van der Waals surface area contributed by atoms with Crippen molar-refractivity contribution in [3.05, 3.63) is 53.6 Å². The summed E-state index contributed by atoms with van der Waals surface area (Å²) in [6.45, 7) is 0.411. The predicted molar refractivity (Wildman–Crippen MR) is 111 cm³/mol. The largest absolute Gasteiger partial charge is 0.453 e. The molecule has 2 amide bonds. The van der Waals surface area contributed by atoms with E-state index in [1.54, 1.807) is 17.0 Å². The van der Waals surface area contributed by atoms with Crippen molar-refractivity contribution in [2.45, 2.75) is 12.8 Å². The van der Waals surface area contributed by atoms with Gasteiger partial charge in [0.15, 0.2) is 0 Å². The summed E-state index contributed by atoms with van der Waals surface area (Å²) in [7, 11) is 1.30. The Balaban J connectivity index is 0.00000280. The lowest BCUT2D eigenvalue weighted by molar-refractivity contribution is -0.117. The van der Waals surface area contributed by atoms with Gasteiger partial charge in [-0.05, 0) is 42.2 Å². The summed E-state index contributed by atoms with van der Waals surface area (Å²) < 4.78 is 4.65. The van der Waals surface area contributed by atoms with E-state index >= 15 is 0 Å². The highest BCUT2D eigenvalue weighted by atomic mass is 35.5. The normalized spacial score (nSPS) is 12.1. The van der Waals surface area contributed by atoms with Crippen molar-refractivity contribution in [2.24, 2.45) is 0 Å². The van der Waals surface area contributed by atoms with Crippen LogP contribution in [0.1, 0.15) is 11.1 Å². The number of para-hydroxylation sites is 1. The van der Waals surface area contributed by atoms with E-state index in [1.807, 2.05) is 30.3 Å². The first-order valence-electron chi connectivity index (χ1n) is 8.84. The molecule has 0 aliphatic carbocycles. The van der Waals surface area contributed by atoms with Gasteiger partial charge in [-0.2, -0.15) is 0 Å². The third-order valence-corrected chi connectivity index (χ3v) is 4.47. The minimum Gasteiger partial charge on any atom is -0.453 e. The van der Waals surface area contributed by atoms with Gasteiger partial charge in [-0.3, -0.25) is 15.0 Å². The smallest absolute Gasteiger partial charge is 0.411 e. The number of nitrogens with zero attached hydrogens (tertiary/aromatic N) is 1. The average Bonchev–Trinajstić information content (AvgIpc) is 2.84. The summed E-state index contributed by atoms with van der Waals surface area (Å²) in [6, 6.07) is 13.3. The number of aliphatic hydroxyl groups is 1. The average molecular weight is 406 g/mol. The number of carbonyl (C=O) groups is 2. The van der Waals surface area contributed by atoms with Gasteiger partial charge in [0.05, 0.1) is 31.6 Å². The number of aryl methyl sites for hydroxylation is 2. The Hall–Kier alpha value is -2.61. The van der Waals surface area contributed by atoms with Crippen LogP contribution in [0, 0.1) is 0 Å². The number of benzene rings is 2. The van der Waals surface area contributed by atoms with Crippen LogP contribution in [0.4, 0.5) is 21.9 Å². The molecule has 0 fully saturated rings. The first-order valence-corrected chi connectivity index (χ1v) is 8.84. The van der Waals surface area contributed by atoms with Crippen LogP contribution in [0.25, 0.3) is 0 Å². The number of hydrogen-bond donors (Lipinski definition) is 3. The van der Waals surface area contributed by atoms with E-state index in [-0.39, 0.29) is 31.5 Å². The van der Waals surface area contributed by atoms with E-state index in [1.165, 1.54) is 7.11 Å². The zero-order valence-electron chi connectivity index (χ0n) is 15.6. The standard InChI is InChI=1S/C20H23N3O4.ClH/c1-27-20(26)22-16-9-8-15-7-6-14-4-2-3-5-17(14)23(18(15)12-16)19(25)13-21-10-11-24;/h2-5,8-9,12,21,24H,6-7,10-11,13H2,1H3,(H,22,26);1H. The second-order valence-corrected chi connectivity index (χ2v) is 6.22. The zero-order valence-corrected chi connectivity index (χ0v) is 16.4. The minimum absolute atomic E-state index is 0. The number of amides is 2. The molecule has 0 radical (unpaired) electrons. The second-order valence-electron chi connectivity index (χ2n) is 6.22. The highest BCUT2D eigenvalue weighted by molar-refractivity contribution is 6.04. The van der Waals surface area contributed by atoms with Gasteiger partial charge in [0.2, 0.25) is 5.91 Å². The molecule has 8 heteroatoms. The summed E-state index contributed by atoms with van der Waals surface area (Å²) in [5.74, 6) is -0.130. The van der Waals surface area contributed by atoms with Crippen molar-refractivity contribution in [2.75, 3.05) is 37.0 Å². The van der Waals surface area contributed by atoms with E-state index in [9.17, 15) is 9.59 Å². The molecule has 150 valence electrons. The van der Waals surface area contributed by atoms with Gasteiger partial charge in [-0.15, -0.1) is 12.4 Å². The molecule has 0 saturated heterocycles. The number of carbonyl (C=O) groups excluding carboxylic acids is 2. The van der Waals surface area contributed by atoms with Gasteiger partial charge < -0.3 is 15.2 Å². The lowest BCUT2D eigenvalue weighted by atomic mass is 10.0. The van der Waals surface area contributed by atoms with Crippen molar-refractivity contribution in [1.29, 1.82) is 0 Å². The molecule has 0 aromatic heterocycles. The number of aliphatic hydroxyl groups excluding tert-OH is 1. The Morgan fingerprint density at radius 1 is 1.11 bits per heavy atom. The van der Waals surface area contributed by atoms with Crippen molar-refractivity contribution in [3.63, 3.8) is 0 Å². The quantitative estimate of drug-likeness (QED) is 0.665. The number of halogens is 1. The van der Waals surface area contributed by atoms with Gasteiger partial charge in [-0.25, -0.2) is 4.79 Å². The molecule has 2 aromatic carbocycles. The molecule has 3 rings (SSSR count). The molecule has 7 nitrogen and oxygen atoms in total. The lowest BCUT2D eigenvalue weighted by Crippen LogP contribution is -2.36. The van der Waals surface area contributed by atoms with Crippen LogP contribution in [0.5, 0.6) is 0 Å². The fourth-order valence-corrected chi connectivity index (χ4v) is 3.19. The maximum absolute atomic E-state index is 13.0.